The van der Waals surface area contributed by atoms with E-state index in [0.29, 0.717) is 6.54 Å². The molecule has 23 heavy (non-hydrogen) atoms. The van der Waals surface area contributed by atoms with E-state index in [4.69, 9.17) is 4.98 Å². The highest BCUT2D eigenvalue weighted by atomic mass is 32.1. The number of thiophene rings is 1. The van der Waals surface area contributed by atoms with E-state index in [9.17, 15) is 4.79 Å². The van der Waals surface area contributed by atoms with Gasteiger partial charge >= 0.3 is 0 Å². The van der Waals surface area contributed by atoms with Gasteiger partial charge in [0.1, 0.15) is 5.82 Å². The lowest BCUT2D eigenvalue weighted by Gasteiger charge is -2.07. The SMILES string of the molecule is C=CCn1c(CCCNC(=O)c2cccs2)nc2ccccc21. The quantitative estimate of drug-likeness (QED) is 0.532. The van der Waals surface area contributed by atoms with Crippen LogP contribution in [0, 0.1) is 0 Å². The van der Waals surface area contributed by atoms with Crippen LogP contribution >= 0.6 is 11.3 Å². The summed E-state index contributed by atoms with van der Waals surface area (Å²) >= 11 is 1.46. The summed E-state index contributed by atoms with van der Waals surface area (Å²) in [4.78, 5) is 17.3. The van der Waals surface area contributed by atoms with E-state index in [0.717, 1.165) is 41.1 Å². The summed E-state index contributed by atoms with van der Waals surface area (Å²) in [5, 5.41) is 4.86. The molecule has 0 aliphatic carbocycles. The molecule has 118 valence electrons. The van der Waals surface area contributed by atoms with Gasteiger partial charge in [-0.15, -0.1) is 17.9 Å². The largest absolute Gasteiger partial charge is 0.351 e. The Balaban J connectivity index is 1.61. The molecule has 0 radical (unpaired) electrons. The summed E-state index contributed by atoms with van der Waals surface area (Å²) in [7, 11) is 0. The van der Waals surface area contributed by atoms with Crippen molar-refractivity contribution in [2.45, 2.75) is 19.4 Å². The predicted octanol–water partition coefficient (Wildman–Crippen LogP) is 3.65. The van der Waals surface area contributed by atoms with Crippen molar-refractivity contribution in [2.75, 3.05) is 6.54 Å². The zero-order valence-corrected chi connectivity index (χ0v) is 13.7. The van der Waals surface area contributed by atoms with Crippen LogP contribution in [0.3, 0.4) is 0 Å². The topological polar surface area (TPSA) is 46.9 Å². The average molecular weight is 325 g/mol. The van der Waals surface area contributed by atoms with Crippen molar-refractivity contribution in [2.24, 2.45) is 0 Å². The minimum atomic E-state index is -0.000375. The first-order chi connectivity index (χ1) is 11.3. The highest BCUT2D eigenvalue weighted by Gasteiger charge is 2.10. The second-order valence-corrected chi connectivity index (χ2v) is 6.20. The first-order valence-electron chi connectivity index (χ1n) is 7.66. The Morgan fingerprint density at radius 1 is 1.30 bits per heavy atom. The van der Waals surface area contributed by atoms with Crippen molar-refractivity contribution in [3.63, 3.8) is 0 Å². The zero-order valence-electron chi connectivity index (χ0n) is 12.9. The maximum atomic E-state index is 11.9. The summed E-state index contributed by atoms with van der Waals surface area (Å²) < 4.78 is 2.18. The van der Waals surface area contributed by atoms with Crippen LogP contribution in [0.15, 0.2) is 54.4 Å². The monoisotopic (exact) mass is 325 g/mol. The van der Waals surface area contributed by atoms with E-state index in [2.05, 4.69) is 22.5 Å². The molecule has 0 fully saturated rings. The van der Waals surface area contributed by atoms with Crippen LogP contribution in [0.25, 0.3) is 11.0 Å². The van der Waals surface area contributed by atoms with E-state index in [1.807, 2.05) is 41.8 Å². The van der Waals surface area contributed by atoms with Gasteiger partial charge in [-0.05, 0) is 30.0 Å². The van der Waals surface area contributed by atoms with Crippen LogP contribution in [0.5, 0.6) is 0 Å². The molecule has 0 unspecified atom stereocenters. The molecule has 0 atom stereocenters. The third kappa shape index (κ3) is 3.51. The number of carbonyl (C=O) groups excluding carboxylic acids is 1. The standard InChI is InChI=1S/C18H19N3OS/c1-2-12-21-15-8-4-3-7-14(15)20-17(21)10-5-11-19-18(22)16-9-6-13-23-16/h2-4,6-9,13H,1,5,10-12H2,(H,19,22). The van der Waals surface area contributed by atoms with Crippen LogP contribution in [-0.2, 0) is 13.0 Å². The molecular weight excluding hydrogens is 306 g/mol. The number of rotatable bonds is 7. The molecule has 0 spiro atoms. The Hall–Kier alpha value is -2.40. The lowest BCUT2D eigenvalue weighted by atomic mass is 10.3. The Morgan fingerprint density at radius 3 is 2.96 bits per heavy atom. The number of amides is 1. The number of para-hydroxylation sites is 2. The fourth-order valence-electron chi connectivity index (χ4n) is 2.59. The molecule has 2 aromatic heterocycles. The Morgan fingerprint density at radius 2 is 2.17 bits per heavy atom. The third-order valence-corrected chi connectivity index (χ3v) is 4.52. The molecule has 0 aliphatic rings. The molecule has 2 heterocycles. The molecule has 5 heteroatoms. The van der Waals surface area contributed by atoms with Gasteiger partial charge in [-0.2, -0.15) is 0 Å². The lowest BCUT2D eigenvalue weighted by molar-refractivity contribution is 0.0957. The summed E-state index contributed by atoms with van der Waals surface area (Å²) in [5.41, 5.74) is 2.14. The number of allylic oxidation sites excluding steroid dienone is 1. The van der Waals surface area contributed by atoms with Crippen molar-refractivity contribution in [1.29, 1.82) is 0 Å². The maximum absolute atomic E-state index is 11.9. The van der Waals surface area contributed by atoms with Gasteiger partial charge in [-0.1, -0.05) is 24.3 Å². The van der Waals surface area contributed by atoms with Gasteiger partial charge in [-0.3, -0.25) is 4.79 Å². The lowest BCUT2D eigenvalue weighted by Crippen LogP contribution is -2.24. The number of nitrogens with zero attached hydrogens (tertiary/aromatic N) is 2. The number of carbonyl (C=O) groups is 1. The Labute approximate surface area is 139 Å². The first-order valence-corrected chi connectivity index (χ1v) is 8.54. The summed E-state index contributed by atoms with van der Waals surface area (Å²) in [6.45, 7) is 5.22. The number of nitrogens with one attached hydrogen (secondary N) is 1. The zero-order chi connectivity index (χ0) is 16.1. The summed E-state index contributed by atoms with van der Waals surface area (Å²) in [6, 6.07) is 11.8. The Kier molecular flexibility index (Phi) is 4.88. The van der Waals surface area contributed by atoms with Crippen molar-refractivity contribution < 1.29 is 4.79 Å². The van der Waals surface area contributed by atoms with Gasteiger partial charge in [-0.25, -0.2) is 4.98 Å². The smallest absolute Gasteiger partial charge is 0.261 e. The molecular formula is C18H19N3OS. The molecule has 1 amide bonds. The van der Waals surface area contributed by atoms with E-state index < -0.39 is 0 Å². The van der Waals surface area contributed by atoms with E-state index >= 15 is 0 Å². The van der Waals surface area contributed by atoms with Gasteiger partial charge in [0.2, 0.25) is 0 Å². The summed E-state index contributed by atoms with van der Waals surface area (Å²) in [6.07, 6.45) is 3.57. The molecule has 0 saturated heterocycles. The number of benzene rings is 1. The molecule has 0 aliphatic heterocycles. The minimum absolute atomic E-state index is 0.000375. The normalized spacial score (nSPS) is 10.8. The van der Waals surface area contributed by atoms with Crippen molar-refractivity contribution in [1.82, 2.24) is 14.9 Å². The van der Waals surface area contributed by atoms with Crippen LogP contribution in [0.2, 0.25) is 0 Å². The van der Waals surface area contributed by atoms with Gasteiger partial charge in [0.05, 0.1) is 15.9 Å². The van der Waals surface area contributed by atoms with Crippen molar-refractivity contribution >= 4 is 28.3 Å². The first kappa shape index (κ1) is 15.5. The third-order valence-electron chi connectivity index (χ3n) is 3.65. The number of aryl methyl sites for hydroxylation is 1. The molecule has 3 aromatic rings. The highest BCUT2D eigenvalue weighted by Crippen LogP contribution is 2.17. The van der Waals surface area contributed by atoms with E-state index in [-0.39, 0.29) is 5.91 Å². The number of imidazole rings is 1. The molecule has 1 aromatic carbocycles. The van der Waals surface area contributed by atoms with Crippen LogP contribution < -0.4 is 5.32 Å². The minimum Gasteiger partial charge on any atom is -0.351 e. The molecule has 4 nitrogen and oxygen atoms in total. The van der Waals surface area contributed by atoms with Crippen LogP contribution in [-0.4, -0.2) is 22.0 Å². The number of aromatic nitrogens is 2. The average Bonchev–Trinajstić information content (AvgIpc) is 3.20. The molecule has 0 bridgehead atoms. The highest BCUT2D eigenvalue weighted by molar-refractivity contribution is 7.12. The second kappa shape index (κ2) is 7.24. The van der Waals surface area contributed by atoms with Crippen molar-refractivity contribution in [3.8, 4) is 0 Å². The van der Waals surface area contributed by atoms with Gasteiger partial charge in [0.25, 0.3) is 5.91 Å². The van der Waals surface area contributed by atoms with Crippen molar-refractivity contribution in [3.05, 3.63) is 65.1 Å². The molecule has 1 N–H and O–H groups in total. The van der Waals surface area contributed by atoms with Gasteiger partial charge in [0, 0.05) is 19.5 Å². The Bertz CT molecular complexity index is 805. The van der Waals surface area contributed by atoms with Gasteiger partial charge < -0.3 is 9.88 Å². The summed E-state index contributed by atoms with van der Waals surface area (Å²) in [5.74, 6) is 1.04. The van der Waals surface area contributed by atoms with Crippen LogP contribution in [0.4, 0.5) is 0 Å². The molecule has 3 rings (SSSR count). The molecule has 0 saturated carbocycles. The fraction of sp³-hybridized carbons (Fsp3) is 0.222. The number of fused-ring (bicyclic) bond motifs is 1. The number of hydrogen-bond acceptors (Lipinski definition) is 3. The van der Waals surface area contributed by atoms with E-state index in [1.165, 1.54) is 11.3 Å². The number of hydrogen-bond donors (Lipinski definition) is 1. The van der Waals surface area contributed by atoms with Crippen LogP contribution in [0.1, 0.15) is 21.9 Å². The maximum Gasteiger partial charge on any atom is 0.261 e. The predicted molar refractivity (Wildman–Crippen MR) is 94.9 cm³/mol. The van der Waals surface area contributed by atoms with E-state index in [1.54, 1.807) is 0 Å². The fourth-order valence-corrected chi connectivity index (χ4v) is 3.23. The van der Waals surface area contributed by atoms with Gasteiger partial charge in [0.15, 0.2) is 0 Å². The second-order valence-electron chi connectivity index (χ2n) is 5.25.